The summed E-state index contributed by atoms with van der Waals surface area (Å²) in [6.45, 7) is 7.72. The van der Waals surface area contributed by atoms with E-state index in [4.69, 9.17) is 4.74 Å². The van der Waals surface area contributed by atoms with Gasteiger partial charge in [-0.15, -0.1) is 0 Å². The Bertz CT molecular complexity index is 1200. The zero-order valence-corrected chi connectivity index (χ0v) is 19.5. The quantitative estimate of drug-likeness (QED) is 0.491. The average molecular weight is 453 g/mol. The zero-order chi connectivity index (χ0) is 23.3. The number of benzene rings is 3. The number of para-hydroxylation sites is 1. The number of rotatable bonds is 8. The first-order valence-corrected chi connectivity index (χ1v) is 11.9. The molecule has 0 aliphatic carbocycles. The van der Waals surface area contributed by atoms with E-state index in [0.717, 1.165) is 16.7 Å². The monoisotopic (exact) mass is 452 g/mol. The summed E-state index contributed by atoms with van der Waals surface area (Å²) in [5.74, 6) is 0.346. The van der Waals surface area contributed by atoms with Crippen molar-refractivity contribution in [2.24, 2.45) is 0 Å². The van der Waals surface area contributed by atoms with E-state index in [1.54, 1.807) is 24.3 Å². The maximum Gasteiger partial charge on any atom is 0.265 e. The topological polar surface area (TPSA) is 84.5 Å². The number of amides is 1. The fourth-order valence-electron chi connectivity index (χ4n) is 3.11. The van der Waals surface area contributed by atoms with Crippen LogP contribution in [0.4, 0.5) is 11.4 Å². The standard InChI is InChI=1S/C25H28N2O4S/c1-5-24(31-21-13-10-17(2)19(4)16-21)25(28)26-20-11-14-22(15-12-20)32(29,30)27-23-9-7-6-8-18(23)3/h6-16,24,27H,5H2,1-4H3,(H,26,28). The summed E-state index contributed by atoms with van der Waals surface area (Å²) in [5, 5.41) is 2.80. The van der Waals surface area contributed by atoms with Crippen molar-refractivity contribution in [3.63, 3.8) is 0 Å². The highest BCUT2D eigenvalue weighted by Crippen LogP contribution is 2.22. The Morgan fingerprint density at radius 3 is 2.22 bits per heavy atom. The molecule has 1 amide bonds. The molecule has 0 saturated heterocycles. The number of anilines is 2. The summed E-state index contributed by atoms with van der Waals surface area (Å²) < 4.78 is 33.8. The lowest BCUT2D eigenvalue weighted by Crippen LogP contribution is -2.32. The first kappa shape index (κ1) is 23.3. The number of sulfonamides is 1. The van der Waals surface area contributed by atoms with Gasteiger partial charge in [-0.05, 0) is 86.3 Å². The molecule has 0 heterocycles. The molecular weight excluding hydrogens is 424 g/mol. The van der Waals surface area contributed by atoms with Gasteiger partial charge in [0.05, 0.1) is 10.6 Å². The molecular formula is C25H28N2O4S. The predicted molar refractivity (Wildman–Crippen MR) is 128 cm³/mol. The second-order valence-corrected chi connectivity index (χ2v) is 9.38. The Hall–Kier alpha value is -3.32. The van der Waals surface area contributed by atoms with Gasteiger partial charge in [-0.1, -0.05) is 31.2 Å². The molecule has 3 rings (SSSR count). The second-order valence-electron chi connectivity index (χ2n) is 7.69. The molecule has 0 aliphatic rings. The summed E-state index contributed by atoms with van der Waals surface area (Å²) in [4.78, 5) is 12.8. The number of carbonyl (C=O) groups is 1. The van der Waals surface area contributed by atoms with Crippen molar-refractivity contribution in [2.45, 2.75) is 45.1 Å². The van der Waals surface area contributed by atoms with Crippen LogP contribution >= 0.6 is 0 Å². The minimum atomic E-state index is -3.74. The van der Waals surface area contributed by atoms with Gasteiger partial charge in [0.1, 0.15) is 5.75 Å². The molecule has 0 saturated carbocycles. The van der Waals surface area contributed by atoms with E-state index in [1.807, 2.05) is 58.0 Å². The Kier molecular flexibility index (Phi) is 7.20. The molecule has 1 atom stereocenters. The minimum Gasteiger partial charge on any atom is -0.481 e. The molecule has 0 spiro atoms. The van der Waals surface area contributed by atoms with Crippen molar-refractivity contribution >= 4 is 27.3 Å². The average Bonchev–Trinajstić information content (AvgIpc) is 2.76. The van der Waals surface area contributed by atoms with Crippen LogP contribution in [-0.4, -0.2) is 20.4 Å². The molecule has 0 bridgehead atoms. The lowest BCUT2D eigenvalue weighted by molar-refractivity contribution is -0.122. The van der Waals surface area contributed by atoms with Gasteiger partial charge in [0.25, 0.3) is 15.9 Å². The molecule has 32 heavy (non-hydrogen) atoms. The maximum absolute atomic E-state index is 12.7. The van der Waals surface area contributed by atoms with E-state index in [2.05, 4.69) is 10.0 Å². The van der Waals surface area contributed by atoms with E-state index in [9.17, 15) is 13.2 Å². The Morgan fingerprint density at radius 1 is 0.906 bits per heavy atom. The number of hydrogen-bond acceptors (Lipinski definition) is 4. The molecule has 0 radical (unpaired) electrons. The number of hydrogen-bond donors (Lipinski definition) is 2. The van der Waals surface area contributed by atoms with E-state index < -0.39 is 16.1 Å². The largest absolute Gasteiger partial charge is 0.481 e. The number of nitrogens with one attached hydrogen (secondary N) is 2. The van der Waals surface area contributed by atoms with Crippen LogP contribution < -0.4 is 14.8 Å². The van der Waals surface area contributed by atoms with Crippen molar-refractivity contribution in [3.05, 3.63) is 83.4 Å². The van der Waals surface area contributed by atoms with Gasteiger partial charge in [-0.2, -0.15) is 0 Å². The van der Waals surface area contributed by atoms with Gasteiger partial charge in [-0.3, -0.25) is 9.52 Å². The molecule has 3 aromatic carbocycles. The maximum atomic E-state index is 12.7. The third-order valence-electron chi connectivity index (χ3n) is 5.24. The van der Waals surface area contributed by atoms with Gasteiger partial charge in [0.2, 0.25) is 0 Å². The van der Waals surface area contributed by atoms with Crippen LogP contribution in [0.5, 0.6) is 5.75 Å². The van der Waals surface area contributed by atoms with Crippen LogP contribution in [0.25, 0.3) is 0 Å². The number of carbonyl (C=O) groups excluding carboxylic acids is 1. The van der Waals surface area contributed by atoms with E-state index in [0.29, 0.717) is 23.5 Å². The van der Waals surface area contributed by atoms with Crippen LogP contribution in [-0.2, 0) is 14.8 Å². The summed E-state index contributed by atoms with van der Waals surface area (Å²) in [7, 11) is -3.74. The molecule has 3 aromatic rings. The highest BCUT2D eigenvalue weighted by molar-refractivity contribution is 7.92. The Labute approximate surface area is 189 Å². The smallest absolute Gasteiger partial charge is 0.265 e. The molecule has 2 N–H and O–H groups in total. The lowest BCUT2D eigenvalue weighted by Gasteiger charge is -2.18. The zero-order valence-electron chi connectivity index (χ0n) is 18.7. The van der Waals surface area contributed by atoms with E-state index >= 15 is 0 Å². The first-order valence-electron chi connectivity index (χ1n) is 10.4. The van der Waals surface area contributed by atoms with E-state index in [1.165, 1.54) is 12.1 Å². The third kappa shape index (κ3) is 5.68. The summed E-state index contributed by atoms with van der Waals surface area (Å²) in [6, 6.07) is 18.9. The van der Waals surface area contributed by atoms with Crippen molar-refractivity contribution < 1.29 is 17.9 Å². The SMILES string of the molecule is CCC(Oc1ccc(C)c(C)c1)C(=O)Nc1ccc(S(=O)(=O)Nc2ccccc2C)cc1. The summed E-state index contributed by atoms with van der Waals surface area (Å²) in [6.07, 6.45) is -0.172. The van der Waals surface area contributed by atoms with Gasteiger partial charge < -0.3 is 10.1 Å². The van der Waals surface area contributed by atoms with Crippen LogP contribution in [0.15, 0.2) is 71.6 Å². The lowest BCUT2D eigenvalue weighted by atomic mass is 10.1. The highest BCUT2D eigenvalue weighted by atomic mass is 32.2. The fourth-order valence-corrected chi connectivity index (χ4v) is 4.24. The molecule has 0 aliphatic heterocycles. The Balaban J connectivity index is 1.68. The van der Waals surface area contributed by atoms with Gasteiger partial charge in [-0.25, -0.2) is 8.42 Å². The molecule has 0 fully saturated rings. The van der Waals surface area contributed by atoms with Crippen LogP contribution in [0.3, 0.4) is 0 Å². The molecule has 7 heteroatoms. The van der Waals surface area contributed by atoms with Gasteiger partial charge >= 0.3 is 0 Å². The van der Waals surface area contributed by atoms with Crippen molar-refractivity contribution in [1.82, 2.24) is 0 Å². The van der Waals surface area contributed by atoms with Crippen LogP contribution in [0, 0.1) is 20.8 Å². The van der Waals surface area contributed by atoms with Crippen molar-refractivity contribution in [3.8, 4) is 5.75 Å². The van der Waals surface area contributed by atoms with Gasteiger partial charge in [0, 0.05) is 5.69 Å². The van der Waals surface area contributed by atoms with Crippen molar-refractivity contribution in [2.75, 3.05) is 10.0 Å². The minimum absolute atomic E-state index is 0.108. The molecule has 1 unspecified atom stereocenters. The second kappa shape index (κ2) is 9.87. The number of ether oxygens (including phenoxy) is 1. The van der Waals surface area contributed by atoms with E-state index in [-0.39, 0.29) is 10.8 Å². The molecule has 6 nitrogen and oxygen atoms in total. The summed E-state index contributed by atoms with van der Waals surface area (Å²) >= 11 is 0. The van der Waals surface area contributed by atoms with Gasteiger partial charge in [0.15, 0.2) is 6.10 Å². The van der Waals surface area contributed by atoms with Crippen molar-refractivity contribution in [1.29, 1.82) is 0 Å². The normalized spacial score (nSPS) is 12.1. The van der Waals surface area contributed by atoms with Crippen LogP contribution in [0.2, 0.25) is 0 Å². The predicted octanol–water partition coefficient (Wildman–Crippen LogP) is 5.21. The first-order chi connectivity index (χ1) is 15.2. The molecule has 0 aromatic heterocycles. The number of aryl methyl sites for hydroxylation is 3. The Morgan fingerprint density at radius 2 is 1.59 bits per heavy atom. The van der Waals surface area contributed by atoms with Crippen LogP contribution in [0.1, 0.15) is 30.0 Å². The summed E-state index contributed by atoms with van der Waals surface area (Å²) in [5.41, 5.74) is 4.09. The highest BCUT2D eigenvalue weighted by Gasteiger charge is 2.20. The molecule has 168 valence electrons. The fraction of sp³-hybridized carbons (Fsp3) is 0.240. The third-order valence-corrected chi connectivity index (χ3v) is 6.62.